The van der Waals surface area contributed by atoms with Gasteiger partial charge in [-0.25, -0.2) is 8.42 Å². The van der Waals surface area contributed by atoms with Crippen molar-refractivity contribution < 1.29 is 8.42 Å². The van der Waals surface area contributed by atoms with Gasteiger partial charge in [-0.15, -0.1) is 0 Å². The average Bonchev–Trinajstić information content (AvgIpc) is 2.41. The first-order chi connectivity index (χ1) is 9.46. The summed E-state index contributed by atoms with van der Waals surface area (Å²) in [7, 11) is -3.37. The van der Waals surface area contributed by atoms with Gasteiger partial charge in [0.05, 0.1) is 10.1 Å². The van der Waals surface area contributed by atoms with Gasteiger partial charge in [0.2, 0.25) is 0 Å². The fourth-order valence-corrected chi connectivity index (χ4v) is 6.12. The minimum absolute atomic E-state index is 0.250. The Hall–Kier alpha value is -0.390. The fourth-order valence-electron chi connectivity index (χ4n) is 3.10. The summed E-state index contributed by atoms with van der Waals surface area (Å²) in [6, 6.07) is 6.76. The van der Waals surface area contributed by atoms with Crippen molar-refractivity contribution in [3.8, 4) is 0 Å². The third-order valence-electron chi connectivity index (χ3n) is 4.19. The van der Waals surface area contributed by atoms with Crippen molar-refractivity contribution in [1.82, 2.24) is 0 Å². The number of benzene rings is 1. The van der Waals surface area contributed by atoms with Gasteiger partial charge in [-0.05, 0) is 53.2 Å². The molecule has 112 valence electrons. The summed E-state index contributed by atoms with van der Waals surface area (Å²) in [6.07, 6.45) is 4.74. The third-order valence-corrected chi connectivity index (χ3v) is 7.45. The minimum Gasteiger partial charge on any atom is -0.327 e. The van der Waals surface area contributed by atoms with Gasteiger partial charge < -0.3 is 5.73 Å². The van der Waals surface area contributed by atoms with Gasteiger partial charge >= 0.3 is 0 Å². The molecular weight excluding hydrogens is 338 g/mol. The summed E-state index contributed by atoms with van der Waals surface area (Å²) in [5.74, 6) is 0.488. The van der Waals surface area contributed by atoms with Crippen LogP contribution in [0.3, 0.4) is 0 Å². The molecule has 1 aliphatic rings. The van der Waals surface area contributed by atoms with Gasteiger partial charge in [0, 0.05) is 10.5 Å². The van der Waals surface area contributed by atoms with Crippen molar-refractivity contribution in [3.63, 3.8) is 0 Å². The predicted octanol–water partition coefficient (Wildman–Crippen LogP) is 3.52. The van der Waals surface area contributed by atoms with E-state index in [1.165, 1.54) is 0 Å². The molecule has 0 aromatic heterocycles. The van der Waals surface area contributed by atoms with E-state index in [0.717, 1.165) is 25.7 Å². The summed E-state index contributed by atoms with van der Waals surface area (Å²) in [6.45, 7) is 2.14. The van der Waals surface area contributed by atoms with Crippen LogP contribution in [0.1, 0.15) is 39.0 Å². The van der Waals surface area contributed by atoms with Crippen molar-refractivity contribution >= 4 is 25.8 Å². The number of rotatable bonds is 4. The summed E-state index contributed by atoms with van der Waals surface area (Å²) >= 11 is 3.34. The van der Waals surface area contributed by atoms with E-state index in [4.69, 9.17) is 5.73 Å². The van der Waals surface area contributed by atoms with Crippen molar-refractivity contribution in [2.45, 2.75) is 55.2 Å². The molecule has 3 nitrogen and oxygen atoms in total. The molecule has 0 saturated heterocycles. The number of halogens is 1. The Morgan fingerprint density at radius 2 is 2.00 bits per heavy atom. The molecule has 1 saturated carbocycles. The molecule has 0 aliphatic heterocycles. The molecule has 2 N–H and O–H groups in total. The van der Waals surface area contributed by atoms with Crippen LogP contribution >= 0.6 is 15.9 Å². The Morgan fingerprint density at radius 1 is 1.30 bits per heavy atom. The maximum Gasteiger partial charge on any atom is 0.183 e. The van der Waals surface area contributed by atoms with Crippen LogP contribution in [0.15, 0.2) is 33.6 Å². The first kappa shape index (κ1) is 16.0. The predicted molar refractivity (Wildman–Crippen MR) is 85.3 cm³/mol. The zero-order valence-electron chi connectivity index (χ0n) is 11.8. The highest BCUT2D eigenvalue weighted by molar-refractivity contribution is 9.10. The lowest BCUT2D eigenvalue weighted by molar-refractivity contribution is 0.309. The lowest BCUT2D eigenvalue weighted by atomic mass is 9.83. The van der Waals surface area contributed by atoms with Gasteiger partial charge in [0.25, 0.3) is 0 Å². The largest absolute Gasteiger partial charge is 0.327 e. The Kier molecular flexibility index (Phi) is 5.26. The lowest BCUT2D eigenvalue weighted by Gasteiger charge is -2.33. The van der Waals surface area contributed by atoms with Gasteiger partial charge in [-0.1, -0.05) is 31.9 Å². The van der Waals surface area contributed by atoms with E-state index in [1.54, 1.807) is 18.2 Å². The van der Waals surface area contributed by atoms with Gasteiger partial charge in [0.15, 0.2) is 9.84 Å². The average molecular weight is 360 g/mol. The van der Waals surface area contributed by atoms with Gasteiger partial charge in [0.1, 0.15) is 0 Å². The lowest BCUT2D eigenvalue weighted by Crippen LogP contribution is -2.45. The summed E-state index contributed by atoms with van der Waals surface area (Å²) in [5, 5.41) is -0.452. The van der Waals surface area contributed by atoms with Crippen LogP contribution in [0, 0.1) is 5.92 Å². The summed E-state index contributed by atoms with van der Waals surface area (Å²) < 4.78 is 26.3. The highest BCUT2D eigenvalue weighted by Crippen LogP contribution is 2.35. The van der Waals surface area contributed by atoms with E-state index in [9.17, 15) is 8.42 Å². The quantitative estimate of drug-likeness (QED) is 0.894. The number of sulfone groups is 1. The molecule has 1 fully saturated rings. The Labute approximate surface area is 130 Å². The molecule has 20 heavy (non-hydrogen) atoms. The van der Waals surface area contributed by atoms with Crippen LogP contribution in [0.25, 0.3) is 0 Å². The second-order valence-corrected chi connectivity index (χ2v) is 8.64. The molecule has 1 aromatic carbocycles. The SMILES string of the molecule is CCCC1CCC(N)C(S(=O)(=O)c2ccccc2Br)C1. The van der Waals surface area contributed by atoms with E-state index in [-0.39, 0.29) is 6.04 Å². The molecule has 3 atom stereocenters. The third kappa shape index (κ3) is 3.26. The molecule has 1 aromatic rings. The maximum atomic E-state index is 12.9. The van der Waals surface area contributed by atoms with E-state index in [1.807, 2.05) is 6.07 Å². The molecule has 0 amide bonds. The topological polar surface area (TPSA) is 60.2 Å². The highest BCUT2D eigenvalue weighted by atomic mass is 79.9. The molecule has 3 unspecified atom stereocenters. The van der Waals surface area contributed by atoms with Gasteiger partial charge in [-0.2, -0.15) is 0 Å². The zero-order valence-corrected chi connectivity index (χ0v) is 14.2. The fraction of sp³-hybridized carbons (Fsp3) is 0.600. The van der Waals surface area contributed by atoms with Crippen molar-refractivity contribution in [2.75, 3.05) is 0 Å². The van der Waals surface area contributed by atoms with Crippen LogP contribution < -0.4 is 5.73 Å². The first-order valence-electron chi connectivity index (χ1n) is 7.20. The molecule has 5 heteroatoms. The highest BCUT2D eigenvalue weighted by Gasteiger charge is 2.38. The monoisotopic (exact) mass is 359 g/mol. The molecule has 0 radical (unpaired) electrons. The first-order valence-corrected chi connectivity index (χ1v) is 9.54. The van der Waals surface area contributed by atoms with Crippen molar-refractivity contribution in [1.29, 1.82) is 0 Å². The molecule has 1 aliphatic carbocycles. The number of hydrogen-bond acceptors (Lipinski definition) is 3. The normalized spacial score (nSPS) is 27.4. The summed E-state index contributed by atoms with van der Waals surface area (Å²) in [4.78, 5) is 0.373. The summed E-state index contributed by atoms with van der Waals surface area (Å²) in [5.41, 5.74) is 6.12. The second kappa shape index (κ2) is 6.58. The van der Waals surface area contributed by atoms with Gasteiger partial charge in [-0.3, -0.25) is 0 Å². The molecule has 0 spiro atoms. The maximum absolute atomic E-state index is 12.9. The molecule has 0 heterocycles. The Morgan fingerprint density at radius 3 is 2.65 bits per heavy atom. The van der Waals surface area contributed by atoms with Crippen LogP contribution in [0.5, 0.6) is 0 Å². The van der Waals surface area contributed by atoms with Crippen LogP contribution in [-0.2, 0) is 9.84 Å². The van der Waals surface area contributed by atoms with E-state index in [0.29, 0.717) is 21.7 Å². The number of nitrogens with two attached hydrogens (primary N) is 1. The zero-order chi connectivity index (χ0) is 14.8. The molecular formula is C15H22BrNO2S. The smallest absolute Gasteiger partial charge is 0.183 e. The van der Waals surface area contributed by atoms with E-state index in [2.05, 4.69) is 22.9 Å². The molecule has 2 rings (SSSR count). The van der Waals surface area contributed by atoms with E-state index < -0.39 is 15.1 Å². The van der Waals surface area contributed by atoms with Crippen molar-refractivity contribution in [3.05, 3.63) is 28.7 Å². The van der Waals surface area contributed by atoms with Crippen molar-refractivity contribution in [2.24, 2.45) is 11.7 Å². The van der Waals surface area contributed by atoms with E-state index >= 15 is 0 Å². The molecule has 0 bridgehead atoms. The van der Waals surface area contributed by atoms with Crippen LogP contribution in [0.4, 0.5) is 0 Å². The van der Waals surface area contributed by atoms with Crippen LogP contribution in [0.2, 0.25) is 0 Å². The number of hydrogen-bond donors (Lipinski definition) is 1. The Balaban J connectivity index is 2.30. The van der Waals surface area contributed by atoms with Crippen LogP contribution in [-0.4, -0.2) is 19.7 Å². The second-order valence-electron chi connectivity index (χ2n) is 5.65. The Bertz CT molecular complexity index is 559. The standard InChI is InChI=1S/C15H22BrNO2S/c1-2-5-11-8-9-13(17)15(10-11)20(18,19)14-7-4-3-6-12(14)16/h3-4,6-7,11,13,15H,2,5,8-10,17H2,1H3. The minimum atomic E-state index is -3.37.